The topological polar surface area (TPSA) is 64.5 Å². The Balaban J connectivity index is 2.46. The molecule has 2 aromatic heterocycles. The summed E-state index contributed by atoms with van der Waals surface area (Å²) in [7, 11) is 0. The van der Waals surface area contributed by atoms with Crippen LogP contribution < -0.4 is 0 Å². The first-order valence-electron chi connectivity index (χ1n) is 3.28. The minimum atomic E-state index is 0.555. The van der Waals surface area contributed by atoms with Crippen molar-refractivity contribution in [1.82, 2.24) is 25.1 Å². The number of aromatic nitrogens is 5. The summed E-state index contributed by atoms with van der Waals surface area (Å²) in [5, 5.41) is 7.18. The zero-order chi connectivity index (χ0) is 8.23. The molecule has 0 saturated heterocycles. The third-order valence-electron chi connectivity index (χ3n) is 1.27. The lowest BCUT2D eigenvalue weighted by Gasteiger charge is -1.93. The van der Waals surface area contributed by atoms with E-state index >= 15 is 0 Å². The third-order valence-corrected chi connectivity index (χ3v) is 1.27. The van der Waals surface area contributed by atoms with E-state index in [2.05, 4.69) is 31.3 Å². The molecule has 0 aliphatic carbocycles. The van der Waals surface area contributed by atoms with E-state index in [1.807, 2.05) is 0 Å². The Bertz CT molecular complexity index is 309. The van der Waals surface area contributed by atoms with Crippen molar-refractivity contribution in [2.24, 2.45) is 0 Å². The van der Waals surface area contributed by atoms with Crippen molar-refractivity contribution >= 4 is 0 Å². The van der Waals surface area contributed by atoms with Gasteiger partial charge >= 0.3 is 0 Å². The molecule has 0 spiro atoms. The van der Waals surface area contributed by atoms with Crippen LogP contribution in [0.2, 0.25) is 0 Å². The molecule has 0 unspecified atom stereocenters. The Labute approximate surface area is 68.6 Å². The molecule has 2 heterocycles. The van der Waals surface area contributed by atoms with Crippen molar-refractivity contribution in [2.75, 3.05) is 0 Å². The van der Waals surface area contributed by atoms with Crippen molar-refractivity contribution in [3.8, 4) is 11.4 Å². The van der Waals surface area contributed by atoms with Gasteiger partial charge in [-0.05, 0) is 6.07 Å². The van der Waals surface area contributed by atoms with Gasteiger partial charge in [-0.2, -0.15) is 5.10 Å². The van der Waals surface area contributed by atoms with Crippen LogP contribution >= 0.6 is 0 Å². The lowest BCUT2D eigenvalue weighted by atomic mass is 10.3. The maximum absolute atomic E-state index is 3.93. The van der Waals surface area contributed by atoms with Gasteiger partial charge < -0.3 is 0 Å². The zero-order valence-corrected chi connectivity index (χ0v) is 6.05. The number of hydrogen-bond donors (Lipinski definition) is 0. The summed E-state index contributed by atoms with van der Waals surface area (Å²) in [4.78, 5) is 11.6. The number of rotatable bonds is 1. The maximum Gasteiger partial charge on any atom is 0.165 e. The van der Waals surface area contributed by atoms with E-state index in [1.165, 1.54) is 12.7 Å². The normalized spacial score (nSPS) is 9.67. The van der Waals surface area contributed by atoms with Gasteiger partial charge in [-0.25, -0.2) is 15.0 Å². The summed E-state index contributed by atoms with van der Waals surface area (Å²) in [5.74, 6) is 0.555. The highest BCUT2D eigenvalue weighted by molar-refractivity contribution is 5.50. The van der Waals surface area contributed by atoms with Gasteiger partial charge in [-0.3, -0.25) is 0 Å². The third kappa shape index (κ3) is 1.24. The molecule has 0 aromatic carbocycles. The molecule has 0 atom stereocenters. The SMILES string of the molecule is [c]1nnccc1-c1ncncn1. The lowest BCUT2D eigenvalue weighted by Crippen LogP contribution is -1.90. The average molecular weight is 158 g/mol. The van der Waals surface area contributed by atoms with Crippen LogP contribution in [0.4, 0.5) is 0 Å². The summed E-state index contributed by atoms with van der Waals surface area (Å²) >= 11 is 0. The van der Waals surface area contributed by atoms with Gasteiger partial charge in [0.15, 0.2) is 5.82 Å². The molecule has 2 rings (SSSR count). The summed E-state index contributed by atoms with van der Waals surface area (Å²) in [6.45, 7) is 0. The van der Waals surface area contributed by atoms with Gasteiger partial charge in [0.1, 0.15) is 18.9 Å². The summed E-state index contributed by atoms with van der Waals surface area (Å²) in [6, 6.07) is 1.74. The fraction of sp³-hybridized carbons (Fsp3) is 0. The fourth-order valence-corrected chi connectivity index (χ4v) is 0.764. The van der Waals surface area contributed by atoms with Crippen molar-refractivity contribution in [1.29, 1.82) is 0 Å². The first-order valence-corrected chi connectivity index (χ1v) is 3.28. The minimum absolute atomic E-state index is 0.555. The van der Waals surface area contributed by atoms with E-state index in [0.717, 1.165) is 0 Å². The summed E-state index contributed by atoms with van der Waals surface area (Å²) in [5.41, 5.74) is 0.715. The van der Waals surface area contributed by atoms with E-state index in [1.54, 1.807) is 12.3 Å². The van der Waals surface area contributed by atoms with E-state index in [0.29, 0.717) is 11.4 Å². The van der Waals surface area contributed by atoms with Crippen LogP contribution in [0.15, 0.2) is 24.9 Å². The predicted molar refractivity (Wildman–Crippen MR) is 39.7 cm³/mol. The van der Waals surface area contributed by atoms with E-state index in [4.69, 9.17) is 0 Å². The van der Waals surface area contributed by atoms with E-state index in [9.17, 15) is 0 Å². The highest BCUT2D eigenvalue weighted by atomic mass is 15.1. The van der Waals surface area contributed by atoms with Crippen molar-refractivity contribution < 1.29 is 0 Å². The highest BCUT2D eigenvalue weighted by Gasteiger charge is 1.98. The molecule has 2 aromatic rings. The Hall–Kier alpha value is -1.91. The number of hydrogen-bond acceptors (Lipinski definition) is 5. The summed E-state index contributed by atoms with van der Waals surface area (Å²) in [6.07, 6.45) is 7.09. The Morgan fingerprint density at radius 1 is 1.17 bits per heavy atom. The standard InChI is InChI=1S/C7H4N5/c1-2-11-12-3-6(1)7-9-4-8-5-10-7/h1-2,4-5H. The molecule has 0 amide bonds. The molecule has 1 radical (unpaired) electrons. The highest BCUT2D eigenvalue weighted by Crippen LogP contribution is 2.07. The van der Waals surface area contributed by atoms with Gasteiger partial charge in [0.25, 0.3) is 0 Å². The molecule has 0 N–H and O–H groups in total. The second-order valence-electron chi connectivity index (χ2n) is 2.02. The van der Waals surface area contributed by atoms with Crippen LogP contribution in [0.5, 0.6) is 0 Å². The Kier molecular flexibility index (Phi) is 1.69. The van der Waals surface area contributed by atoms with Crippen LogP contribution in [-0.2, 0) is 0 Å². The monoisotopic (exact) mass is 158 g/mol. The van der Waals surface area contributed by atoms with Crippen molar-refractivity contribution in [3.05, 3.63) is 31.1 Å². The fourth-order valence-electron chi connectivity index (χ4n) is 0.764. The smallest absolute Gasteiger partial charge is 0.165 e. The molecular formula is C7H4N5. The van der Waals surface area contributed by atoms with E-state index in [-0.39, 0.29) is 0 Å². The molecular weight excluding hydrogens is 154 g/mol. The van der Waals surface area contributed by atoms with Gasteiger partial charge in [-0.15, -0.1) is 5.10 Å². The average Bonchev–Trinajstić information content (AvgIpc) is 2.21. The van der Waals surface area contributed by atoms with Crippen molar-refractivity contribution in [3.63, 3.8) is 0 Å². The van der Waals surface area contributed by atoms with Gasteiger partial charge in [0.05, 0.1) is 11.8 Å². The van der Waals surface area contributed by atoms with Crippen LogP contribution in [0.25, 0.3) is 11.4 Å². The lowest BCUT2D eigenvalue weighted by molar-refractivity contribution is 1.00. The van der Waals surface area contributed by atoms with Crippen LogP contribution in [-0.4, -0.2) is 25.1 Å². The van der Waals surface area contributed by atoms with Crippen molar-refractivity contribution in [2.45, 2.75) is 0 Å². The van der Waals surface area contributed by atoms with Gasteiger partial charge in [0, 0.05) is 0 Å². The van der Waals surface area contributed by atoms with Crippen LogP contribution in [0.3, 0.4) is 0 Å². The molecule has 0 bridgehead atoms. The largest absolute Gasteiger partial charge is 0.225 e. The Morgan fingerprint density at radius 3 is 2.67 bits per heavy atom. The second-order valence-corrected chi connectivity index (χ2v) is 2.02. The molecule has 0 aliphatic rings. The second kappa shape index (κ2) is 3.00. The van der Waals surface area contributed by atoms with Crippen LogP contribution in [0, 0.1) is 6.20 Å². The molecule has 57 valence electrons. The number of nitrogens with zero attached hydrogens (tertiary/aromatic N) is 5. The molecule has 12 heavy (non-hydrogen) atoms. The van der Waals surface area contributed by atoms with Gasteiger partial charge in [0.2, 0.25) is 0 Å². The Morgan fingerprint density at radius 2 is 2.00 bits per heavy atom. The molecule has 0 fully saturated rings. The molecule has 5 nitrogen and oxygen atoms in total. The summed E-state index contributed by atoms with van der Waals surface area (Å²) < 4.78 is 0. The predicted octanol–water partition coefficient (Wildman–Crippen LogP) is 0.129. The van der Waals surface area contributed by atoms with Gasteiger partial charge in [-0.1, -0.05) is 0 Å². The van der Waals surface area contributed by atoms with E-state index < -0.39 is 0 Å². The van der Waals surface area contributed by atoms with Crippen LogP contribution in [0.1, 0.15) is 0 Å². The quantitative estimate of drug-likeness (QED) is 0.590. The zero-order valence-electron chi connectivity index (χ0n) is 6.05. The molecule has 0 saturated carbocycles. The minimum Gasteiger partial charge on any atom is -0.225 e. The first-order chi connectivity index (χ1) is 5.97. The molecule has 5 heteroatoms. The first kappa shape index (κ1) is 6.78. The maximum atomic E-state index is 3.93. The molecule has 0 aliphatic heterocycles.